The number of hydrogen-bond donors (Lipinski definition) is 0. The zero-order valence-corrected chi connectivity index (χ0v) is 18.4. The van der Waals surface area contributed by atoms with E-state index in [4.69, 9.17) is 4.98 Å². The molecule has 30 heavy (non-hydrogen) atoms. The summed E-state index contributed by atoms with van der Waals surface area (Å²) in [6, 6.07) is 15.8. The van der Waals surface area contributed by atoms with Crippen LogP contribution in [0.25, 0.3) is 5.69 Å². The largest absolute Gasteiger partial charge is 0.274 e. The third-order valence-corrected chi connectivity index (χ3v) is 6.26. The van der Waals surface area contributed by atoms with Crippen molar-refractivity contribution >= 4 is 39.8 Å². The van der Waals surface area contributed by atoms with E-state index in [-0.39, 0.29) is 5.91 Å². The number of aromatic nitrogens is 5. The zero-order chi connectivity index (χ0) is 21.1. The highest BCUT2D eigenvalue weighted by Gasteiger charge is 2.20. The average Bonchev–Trinajstić information content (AvgIpc) is 3.38. The Labute approximate surface area is 182 Å². The summed E-state index contributed by atoms with van der Waals surface area (Å²) in [6.45, 7) is 5.60. The van der Waals surface area contributed by atoms with Gasteiger partial charge in [-0.15, -0.1) is 16.4 Å². The summed E-state index contributed by atoms with van der Waals surface area (Å²) in [4.78, 5) is 18.8. The first-order chi connectivity index (χ1) is 14.5. The molecule has 4 rings (SSSR count). The van der Waals surface area contributed by atoms with Crippen LogP contribution >= 0.6 is 23.1 Å². The van der Waals surface area contributed by atoms with Crippen LogP contribution in [-0.2, 0) is 10.5 Å². The number of carbonyl (C=O) groups is 1. The number of benzene rings is 2. The van der Waals surface area contributed by atoms with Crippen molar-refractivity contribution in [1.29, 1.82) is 0 Å². The molecule has 2 aromatic carbocycles. The molecule has 0 radical (unpaired) electrons. The number of thiazole rings is 1. The topological polar surface area (TPSA) is 76.8 Å². The molecule has 0 N–H and O–H groups in total. The number of anilines is 2. The van der Waals surface area contributed by atoms with E-state index in [1.807, 2.05) is 61.7 Å². The molecule has 0 spiro atoms. The van der Waals surface area contributed by atoms with Crippen molar-refractivity contribution in [2.24, 2.45) is 0 Å². The monoisotopic (exact) mass is 436 g/mol. The lowest BCUT2D eigenvalue weighted by atomic mass is 10.1. The molecule has 0 fully saturated rings. The summed E-state index contributed by atoms with van der Waals surface area (Å²) in [7, 11) is 0. The maximum Gasteiger partial charge on any atom is 0.230 e. The highest BCUT2D eigenvalue weighted by atomic mass is 32.2. The number of amides is 1. The summed E-state index contributed by atoms with van der Waals surface area (Å²) >= 11 is 2.96. The third-order valence-electron chi connectivity index (χ3n) is 4.43. The third kappa shape index (κ3) is 4.27. The highest BCUT2D eigenvalue weighted by Crippen LogP contribution is 2.33. The number of nitrogens with zero attached hydrogens (tertiary/aromatic N) is 6. The maximum atomic E-state index is 12.4. The van der Waals surface area contributed by atoms with Gasteiger partial charge in [0, 0.05) is 18.1 Å². The Hall–Kier alpha value is -3.04. The number of rotatable bonds is 6. The minimum absolute atomic E-state index is 0.0662. The van der Waals surface area contributed by atoms with Crippen molar-refractivity contribution in [2.45, 2.75) is 31.7 Å². The van der Waals surface area contributed by atoms with Crippen molar-refractivity contribution in [2.75, 3.05) is 4.90 Å². The molecule has 0 bridgehead atoms. The number of para-hydroxylation sites is 1. The van der Waals surface area contributed by atoms with Gasteiger partial charge in [0.25, 0.3) is 0 Å². The van der Waals surface area contributed by atoms with E-state index in [2.05, 4.69) is 21.6 Å². The molecular formula is C21H20N6OS2. The van der Waals surface area contributed by atoms with E-state index in [0.717, 1.165) is 28.2 Å². The summed E-state index contributed by atoms with van der Waals surface area (Å²) in [5.74, 6) is 0.533. The number of hydrogen-bond acceptors (Lipinski definition) is 7. The normalized spacial score (nSPS) is 10.9. The standard InChI is InChI=1S/C21H20N6OS2/c1-14-9-10-19(15(2)11-14)26(16(3)28)20-22-17(12-29-20)13-30-21-23-24-25-27(21)18-7-5-4-6-8-18/h4-12H,13H2,1-3H3. The first-order valence-corrected chi connectivity index (χ1v) is 11.2. The molecule has 1 amide bonds. The van der Waals surface area contributed by atoms with Gasteiger partial charge in [0.2, 0.25) is 11.1 Å². The van der Waals surface area contributed by atoms with Crippen LogP contribution in [0.3, 0.4) is 0 Å². The van der Waals surface area contributed by atoms with Crippen molar-refractivity contribution in [3.05, 3.63) is 70.7 Å². The van der Waals surface area contributed by atoms with Crippen LogP contribution in [0, 0.1) is 13.8 Å². The second-order valence-corrected chi connectivity index (χ2v) is 8.54. The fourth-order valence-electron chi connectivity index (χ4n) is 3.07. The molecule has 4 aromatic rings. The Balaban J connectivity index is 1.53. The van der Waals surface area contributed by atoms with Gasteiger partial charge < -0.3 is 0 Å². The molecule has 2 heterocycles. The Bertz CT molecular complexity index is 1170. The number of thioether (sulfide) groups is 1. The zero-order valence-electron chi connectivity index (χ0n) is 16.8. The second kappa shape index (κ2) is 8.76. The molecule has 0 aliphatic heterocycles. The lowest BCUT2D eigenvalue weighted by Gasteiger charge is -2.20. The molecule has 0 atom stereocenters. The van der Waals surface area contributed by atoms with E-state index < -0.39 is 0 Å². The number of carbonyl (C=O) groups excluding carboxylic acids is 1. The molecule has 7 nitrogen and oxygen atoms in total. The Morgan fingerprint density at radius 3 is 2.70 bits per heavy atom. The summed E-state index contributed by atoms with van der Waals surface area (Å²) < 4.78 is 1.70. The predicted octanol–water partition coefficient (Wildman–Crippen LogP) is 4.71. The molecule has 152 valence electrons. The van der Waals surface area contributed by atoms with E-state index >= 15 is 0 Å². The van der Waals surface area contributed by atoms with Crippen molar-refractivity contribution in [3.8, 4) is 5.69 Å². The first-order valence-electron chi connectivity index (χ1n) is 9.32. The van der Waals surface area contributed by atoms with Crippen molar-refractivity contribution in [3.63, 3.8) is 0 Å². The van der Waals surface area contributed by atoms with Gasteiger partial charge in [0.1, 0.15) is 0 Å². The first kappa shape index (κ1) is 20.2. The van der Waals surface area contributed by atoms with Gasteiger partial charge in [-0.1, -0.05) is 47.7 Å². The average molecular weight is 437 g/mol. The van der Waals surface area contributed by atoms with Gasteiger partial charge in [-0.25, -0.2) is 4.98 Å². The molecule has 0 aliphatic rings. The molecule has 0 saturated heterocycles. The van der Waals surface area contributed by atoms with Crippen LogP contribution in [0.2, 0.25) is 0 Å². The summed E-state index contributed by atoms with van der Waals surface area (Å²) in [6.07, 6.45) is 0. The van der Waals surface area contributed by atoms with Crippen molar-refractivity contribution < 1.29 is 4.79 Å². The van der Waals surface area contributed by atoms with E-state index in [1.165, 1.54) is 23.1 Å². The van der Waals surface area contributed by atoms with Crippen LogP contribution in [0.4, 0.5) is 10.8 Å². The second-order valence-electron chi connectivity index (χ2n) is 6.76. The van der Waals surface area contributed by atoms with Crippen LogP contribution in [0.15, 0.2) is 59.1 Å². The molecule has 0 saturated carbocycles. The summed E-state index contributed by atoms with van der Waals surface area (Å²) in [5, 5.41) is 15.3. The maximum absolute atomic E-state index is 12.4. The van der Waals surface area contributed by atoms with Crippen LogP contribution in [0.5, 0.6) is 0 Å². The Kier molecular flexibility index (Phi) is 5.91. The molecule has 9 heteroatoms. The van der Waals surface area contributed by atoms with Gasteiger partial charge >= 0.3 is 0 Å². The summed E-state index contributed by atoms with van der Waals surface area (Å²) in [5.41, 5.74) is 4.83. The lowest BCUT2D eigenvalue weighted by molar-refractivity contribution is -0.115. The SMILES string of the molecule is CC(=O)N(c1nc(CSc2nnnn2-c2ccccc2)cs1)c1ccc(C)cc1C. The Morgan fingerprint density at radius 2 is 1.97 bits per heavy atom. The molecule has 0 aliphatic carbocycles. The number of tetrazole rings is 1. The fourth-order valence-corrected chi connectivity index (χ4v) is 4.84. The van der Waals surface area contributed by atoms with E-state index in [9.17, 15) is 4.79 Å². The Morgan fingerprint density at radius 1 is 1.17 bits per heavy atom. The van der Waals surface area contributed by atoms with Crippen molar-refractivity contribution in [1.82, 2.24) is 25.2 Å². The molecular weight excluding hydrogens is 416 g/mol. The lowest BCUT2D eigenvalue weighted by Crippen LogP contribution is -2.23. The smallest absolute Gasteiger partial charge is 0.230 e. The minimum atomic E-state index is -0.0662. The fraction of sp³-hybridized carbons (Fsp3) is 0.190. The predicted molar refractivity (Wildman–Crippen MR) is 120 cm³/mol. The van der Waals surface area contributed by atoms with Gasteiger partial charge in [0.05, 0.1) is 17.1 Å². The highest BCUT2D eigenvalue weighted by molar-refractivity contribution is 7.98. The van der Waals surface area contributed by atoms with Crippen LogP contribution in [-0.4, -0.2) is 31.1 Å². The van der Waals surface area contributed by atoms with E-state index in [1.54, 1.807) is 16.5 Å². The van der Waals surface area contributed by atoms with Gasteiger partial charge in [-0.05, 0) is 48.0 Å². The molecule has 2 aromatic heterocycles. The molecule has 0 unspecified atom stereocenters. The van der Waals surface area contributed by atoms with Crippen LogP contribution < -0.4 is 4.90 Å². The van der Waals surface area contributed by atoms with Gasteiger partial charge in [-0.3, -0.25) is 9.69 Å². The quantitative estimate of drug-likeness (QED) is 0.407. The van der Waals surface area contributed by atoms with Gasteiger partial charge in [-0.2, -0.15) is 4.68 Å². The minimum Gasteiger partial charge on any atom is -0.274 e. The number of aryl methyl sites for hydroxylation is 2. The van der Waals surface area contributed by atoms with Crippen LogP contribution in [0.1, 0.15) is 23.7 Å². The van der Waals surface area contributed by atoms with Gasteiger partial charge in [0.15, 0.2) is 5.13 Å². The van der Waals surface area contributed by atoms with E-state index in [0.29, 0.717) is 16.0 Å².